The zero-order chi connectivity index (χ0) is 16.5. The summed E-state index contributed by atoms with van der Waals surface area (Å²) in [7, 11) is 1.86. The maximum Gasteiger partial charge on any atom is 0.227 e. The lowest BCUT2D eigenvalue weighted by Gasteiger charge is -2.16. The maximum absolute atomic E-state index is 12.5. The van der Waals surface area contributed by atoms with Crippen molar-refractivity contribution in [3.05, 3.63) is 64.2 Å². The van der Waals surface area contributed by atoms with E-state index in [4.69, 9.17) is 0 Å². The van der Waals surface area contributed by atoms with Crippen molar-refractivity contribution in [3.63, 3.8) is 0 Å². The number of aryl methyl sites for hydroxylation is 2. The molecule has 24 heavy (non-hydrogen) atoms. The fraction of sp³-hybridized carbons (Fsp3) is 0.300. The number of nitrogens with zero attached hydrogens (tertiary/aromatic N) is 2. The molecule has 0 saturated carbocycles. The Hall–Kier alpha value is -2.20. The zero-order valence-electron chi connectivity index (χ0n) is 13.8. The third kappa shape index (κ3) is 3.06. The molecule has 3 nitrogen and oxygen atoms in total. The van der Waals surface area contributed by atoms with E-state index in [-0.39, 0.29) is 5.91 Å². The van der Waals surface area contributed by atoms with Crippen molar-refractivity contribution in [1.29, 1.82) is 0 Å². The molecule has 0 radical (unpaired) electrons. The molecule has 2 aromatic carbocycles. The summed E-state index contributed by atoms with van der Waals surface area (Å²) in [6.07, 6.45) is 4.04. The van der Waals surface area contributed by atoms with Gasteiger partial charge in [0.25, 0.3) is 0 Å². The van der Waals surface area contributed by atoms with Gasteiger partial charge in [0.1, 0.15) is 5.01 Å². The van der Waals surface area contributed by atoms with E-state index in [0.717, 1.165) is 22.5 Å². The number of likely N-dealkylation sites (N-methyl/N-ethyl adjacent to an activating group) is 1. The number of carbonyl (C=O) groups excluding carboxylic acids is 1. The van der Waals surface area contributed by atoms with Crippen LogP contribution < -0.4 is 0 Å². The van der Waals surface area contributed by atoms with Crippen LogP contribution in [0.15, 0.2) is 42.5 Å². The first-order valence-corrected chi connectivity index (χ1v) is 9.20. The van der Waals surface area contributed by atoms with Crippen LogP contribution in [0, 0.1) is 0 Å². The topological polar surface area (TPSA) is 33.2 Å². The Labute approximate surface area is 146 Å². The molecule has 3 aromatic rings. The van der Waals surface area contributed by atoms with Crippen molar-refractivity contribution in [2.75, 3.05) is 7.05 Å². The monoisotopic (exact) mass is 336 g/mol. The first kappa shape index (κ1) is 15.3. The van der Waals surface area contributed by atoms with Crippen molar-refractivity contribution < 1.29 is 4.79 Å². The molecule has 0 bridgehead atoms. The van der Waals surface area contributed by atoms with Crippen LogP contribution in [0.3, 0.4) is 0 Å². The molecule has 4 heteroatoms. The number of amides is 1. The summed E-state index contributed by atoms with van der Waals surface area (Å²) < 4.78 is 1.17. The first-order valence-electron chi connectivity index (χ1n) is 8.38. The van der Waals surface area contributed by atoms with Gasteiger partial charge in [-0.1, -0.05) is 30.3 Å². The molecule has 1 amide bonds. The molecule has 1 heterocycles. The predicted molar refractivity (Wildman–Crippen MR) is 98.3 cm³/mol. The van der Waals surface area contributed by atoms with E-state index in [1.165, 1.54) is 28.7 Å². The van der Waals surface area contributed by atoms with Gasteiger partial charge in [-0.05, 0) is 48.1 Å². The summed E-state index contributed by atoms with van der Waals surface area (Å²) in [5, 5.41) is 0.987. The minimum absolute atomic E-state index is 0.146. The van der Waals surface area contributed by atoms with Crippen LogP contribution in [-0.2, 0) is 30.6 Å². The average molecular weight is 336 g/mol. The van der Waals surface area contributed by atoms with Crippen molar-refractivity contribution in [2.45, 2.75) is 32.2 Å². The molecule has 0 saturated heterocycles. The second kappa shape index (κ2) is 6.36. The lowest BCUT2D eigenvalue weighted by molar-refractivity contribution is -0.129. The number of thiazole rings is 1. The van der Waals surface area contributed by atoms with Crippen LogP contribution in [0.2, 0.25) is 0 Å². The third-order valence-electron chi connectivity index (χ3n) is 4.65. The third-order valence-corrected chi connectivity index (χ3v) is 5.68. The smallest absolute Gasteiger partial charge is 0.227 e. The van der Waals surface area contributed by atoms with Crippen LogP contribution in [-0.4, -0.2) is 22.8 Å². The molecule has 4 rings (SSSR count). The van der Waals surface area contributed by atoms with Gasteiger partial charge in [-0.2, -0.15) is 0 Å². The average Bonchev–Trinajstić information content (AvgIpc) is 3.19. The highest BCUT2D eigenvalue weighted by atomic mass is 32.1. The van der Waals surface area contributed by atoms with Crippen LogP contribution in [0.25, 0.3) is 10.2 Å². The summed E-state index contributed by atoms with van der Waals surface area (Å²) in [5.41, 5.74) is 5.01. The van der Waals surface area contributed by atoms with Crippen LogP contribution in [0.4, 0.5) is 0 Å². The van der Waals surface area contributed by atoms with Gasteiger partial charge in [-0.25, -0.2) is 4.98 Å². The van der Waals surface area contributed by atoms with Crippen LogP contribution in [0.5, 0.6) is 0 Å². The number of hydrogen-bond acceptors (Lipinski definition) is 3. The second-order valence-corrected chi connectivity index (χ2v) is 7.57. The number of carbonyl (C=O) groups is 1. The number of benzene rings is 2. The predicted octanol–water partition coefficient (Wildman–Crippen LogP) is 3.99. The highest BCUT2D eigenvalue weighted by molar-refractivity contribution is 7.18. The van der Waals surface area contributed by atoms with Crippen molar-refractivity contribution in [3.8, 4) is 0 Å². The van der Waals surface area contributed by atoms with E-state index in [9.17, 15) is 4.79 Å². The Morgan fingerprint density at radius 1 is 1.17 bits per heavy atom. The van der Waals surface area contributed by atoms with Gasteiger partial charge in [-0.15, -0.1) is 11.3 Å². The van der Waals surface area contributed by atoms with Crippen LogP contribution >= 0.6 is 11.3 Å². The van der Waals surface area contributed by atoms with Crippen molar-refractivity contribution >= 4 is 27.5 Å². The normalized spacial score (nSPS) is 13.2. The second-order valence-electron chi connectivity index (χ2n) is 6.46. The maximum atomic E-state index is 12.5. The lowest BCUT2D eigenvalue weighted by Crippen LogP contribution is -2.27. The molecule has 0 spiro atoms. The fourth-order valence-corrected chi connectivity index (χ4v) is 4.34. The molecule has 1 aliphatic rings. The Morgan fingerprint density at radius 3 is 2.88 bits per heavy atom. The molecular formula is C20H20N2OS. The van der Waals surface area contributed by atoms with E-state index < -0.39 is 0 Å². The molecule has 0 fully saturated rings. The van der Waals surface area contributed by atoms with Gasteiger partial charge in [-0.3, -0.25) is 4.79 Å². The molecule has 0 N–H and O–H groups in total. The molecule has 0 unspecified atom stereocenters. The quantitative estimate of drug-likeness (QED) is 0.722. The van der Waals surface area contributed by atoms with E-state index in [1.54, 1.807) is 16.2 Å². The van der Waals surface area contributed by atoms with Crippen LogP contribution in [0.1, 0.15) is 28.1 Å². The Morgan fingerprint density at radius 2 is 2.00 bits per heavy atom. The van der Waals surface area contributed by atoms with Gasteiger partial charge in [0.2, 0.25) is 5.91 Å². The van der Waals surface area contributed by atoms with E-state index in [2.05, 4.69) is 29.2 Å². The van der Waals surface area contributed by atoms with Gasteiger partial charge in [0, 0.05) is 7.05 Å². The number of rotatable bonds is 4. The van der Waals surface area contributed by atoms with E-state index in [1.807, 2.05) is 25.2 Å². The van der Waals surface area contributed by atoms with Gasteiger partial charge in [0.15, 0.2) is 0 Å². The Balaban J connectivity index is 1.44. The summed E-state index contributed by atoms with van der Waals surface area (Å²) >= 11 is 1.66. The van der Waals surface area contributed by atoms with E-state index >= 15 is 0 Å². The number of aromatic nitrogens is 1. The van der Waals surface area contributed by atoms with E-state index in [0.29, 0.717) is 13.0 Å². The first-order chi connectivity index (χ1) is 11.7. The number of para-hydroxylation sites is 1. The molecule has 0 atom stereocenters. The number of fused-ring (bicyclic) bond motifs is 2. The molecule has 0 aliphatic heterocycles. The standard InChI is InChI=1S/C20H20N2OS/c1-22(13-19-21-17-7-2-3-8-18(17)24-19)20(23)12-14-9-10-15-5-4-6-16(15)11-14/h2-3,7-11H,4-6,12-13H2,1H3. The van der Waals surface area contributed by atoms with Crippen molar-refractivity contribution in [2.24, 2.45) is 0 Å². The van der Waals surface area contributed by atoms with Crippen molar-refractivity contribution in [1.82, 2.24) is 9.88 Å². The molecule has 1 aliphatic carbocycles. The summed E-state index contributed by atoms with van der Waals surface area (Å²) in [5.74, 6) is 0.146. The fourth-order valence-electron chi connectivity index (χ4n) is 3.32. The minimum atomic E-state index is 0.146. The van der Waals surface area contributed by atoms with Gasteiger partial charge in [0.05, 0.1) is 23.2 Å². The van der Waals surface area contributed by atoms with Gasteiger partial charge < -0.3 is 4.90 Å². The number of hydrogen-bond donors (Lipinski definition) is 0. The highest BCUT2D eigenvalue weighted by Crippen LogP contribution is 2.24. The Bertz CT molecular complexity index is 867. The highest BCUT2D eigenvalue weighted by Gasteiger charge is 2.15. The SMILES string of the molecule is CN(Cc1nc2ccccc2s1)C(=O)Cc1ccc2c(c1)CCC2. The lowest BCUT2D eigenvalue weighted by atomic mass is 10.0. The zero-order valence-corrected chi connectivity index (χ0v) is 14.6. The summed E-state index contributed by atoms with van der Waals surface area (Å²) in [6, 6.07) is 14.6. The largest absolute Gasteiger partial charge is 0.339 e. The summed E-state index contributed by atoms with van der Waals surface area (Å²) in [4.78, 5) is 18.9. The molecule has 122 valence electrons. The molecular weight excluding hydrogens is 316 g/mol. The minimum Gasteiger partial charge on any atom is -0.339 e. The van der Waals surface area contributed by atoms with Gasteiger partial charge >= 0.3 is 0 Å². The molecule has 1 aromatic heterocycles. The summed E-state index contributed by atoms with van der Waals surface area (Å²) in [6.45, 7) is 0.573. The Kier molecular flexibility index (Phi) is 4.07.